The molecule has 1 fully saturated rings. The monoisotopic (exact) mass is 378 g/mol. The molecule has 2 atom stereocenters. The highest BCUT2D eigenvalue weighted by molar-refractivity contribution is 6.02. The first-order valence-corrected chi connectivity index (χ1v) is 10.4. The summed E-state index contributed by atoms with van der Waals surface area (Å²) in [5.74, 6) is 0.451. The molecule has 2 aromatic rings. The lowest BCUT2D eigenvalue weighted by Crippen LogP contribution is -2.40. The van der Waals surface area contributed by atoms with E-state index in [1.807, 2.05) is 6.07 Å². The second-order valence-corrected chi connectivity index (χ2v) is 8.34. The zero-order valence-electron chi connectivity index (χ0n) is 16.4. The lowest BCUT2D eigenvalue weighted by Gasteiger charge is -2.22. The Balaban J connectivity index is 1.42. The topological polar surface area (TPSA) is 67.8 Å². The summed E-state index contributed by atoms with van der Waals surface area (Å²) in [5, 5.41) is 14.0. The van der Waals surface area contributed by atoms with E-state index in [0.29, 0.717) is 12.5 Å². The molecule has 0 bridgehead atoms. The maximum atomic E-state index is 9.54. The predicted molar refractivity (Wildman–Crippen MR) is 113 cm³/mol. The quantitative estimate of drug-likeness (QED) is 0.591. The molecule has 2 aliphatic rings. The van der Waals surface area contributed by atoms with Gasteiger partial charge in [0, 0.05) is 17.5 Å². The minimum atomic E-state index is -0.403. The SMILES string of the molecule is NC1(CO)CCC(c2ccc3c(c2)CCC/C3=N\OCCc2ccccc2)C1. The van der Waals surface area contributed by atoms with Crippen LogP contribution in [0.5, 0.6) is 0 Å². The lowest BCUT2D eigenvalue weighted by molar-refractivity contribution is 0.147. The lowest BCUT2D eigenvalue weighted by atomic mass is 9.85. The second-order valence-electron chi connectivity index (χ2n) is 8.34. The van der Waals surface area contributed by atoms with Gasteiger partial charge in [-0.2, -0.15) is 0 Å². The number of aryl methyl sites for hydroxylation is 1. The highest BCUT2D eigenvalue weighted by Gasteiger charge is 2.36. The molecular formula is C24H30N2O2. The summed E-state index contributed by atoms with van der Waals surface area (Å²) in [5.41, 5.74) is 12.2. The number of fused-ring (bicyclic) bond motifs is 1. The van der Waals surface area contributed by atoms with Crippen LogP contribution in [0.2, 0.25) is 0 Å². The third-order valence-corrected chi connectivity index (χ3v) is 6.23. The number of aliphatic hydroxyl groups is 1. The Morgan fingerprint density at radius 3 is 2.79 bits per heavy atom. The zero-order chi connectivity index (χ0) is 19.4. The Morgan fingerprint density at radius 2 is 2.00 bits per heavy atom. The Hall–Kier alpha value is -2.17. The van der Waals surface area contributed by atoms with Gasteiger partial charge >= 0.3 is 0 Å². The van der Waals surface area contributed by atoms with E-state index in [-0.39, 0.29) is 6.61 Å². The van der Waals surface area contributed by atoms with Crippen molar-refractivity contribution in [2.75, 3.05) is 13.2 Å². The molecule has 148 valence electrons. The summed E-state index contributed by atoms with van der Waals surface area (Å²) in [6.45, 7) is 0.675. The molecule has 2 unspecified atom stereocenters. The van der Waals surface area contributed by atoms with Crippen molar-refractivity contribution in [1.29, 1.82) is 0 Å². The van der Waals surface area contributed by atoms with Gasteiger partial charge in [0.15, 0.2) is 0 Å². The average Bonchev–Trinajstić information content (AvgIpc) is 3.14. The van der Waals surface area contributed by atoms with Gasteiger partial charge < -0.3 is 15.7 Å². The summed E-state index contributed by atoms with van der Waals surface area (Å²) >= 11 is 0. The van der Waals surface area contributed by atoms with Gasteiger partial charge in [0.1, 0.15) is 6.61 Å². The molecule has 2 aromatic carbocycles. The molecule has 3 N–H and O–H groups in total. The fraction of sp³-hybridized carbons (Fsp3) is 0.458. The molecule has 0 radical (unpaired) electrons. The molecule has 4 rings (SSSR count). The van der Waals surface area contributed by atoms with Crippen molar-refractivity contribution < 1.29 is 9.94 Å². The van der Waals surface area contributed by atoms with Crippen molar-refractivity contribution in [3.05, 3.63) is 70.8 Å². The number of rotatable bonds is 6. The van der Waals surface area contributed by atoms with Crippen LogP contribution in [0, 0.1) is 0 Å². The van der Waals surface area contributed by atoms with Crippen LogP contribution in [0.3, 0.4) is 0 Å². The first-order chi connectivity index (χ1) is 13.7. The Morgan fingerprint density at radius 1 is 1.14 bits per heavy atom. The van der Waals surface area contributed by atoms with E-state index in [0.717, 1.165) is 50.7 Å². The van der Waals surface area contributed by atoms with Gasteiger partial charge in [-0.05, 0) is 61.1 Å². The van der Waals surface area contributed by atoms with Crippen LogP contribution in [0.1, 0.15) is 60.3 Å². The van der Waals surface area contributed by atoms with Crippen LogP contribution >= 0.6 is 0 Å². The maximum absolute atomic E-state index is 9.54. The smallest absolute Gasteiger partial charge is 0.121 e. The first-order valence-electron chi connectivity index (χ1n) is 10.4. The molecule has 4 heteroatoms. The maximum Gasteiger partial charge on any atom is 0.121 e. The highest BCUT2D eigenvalue weighted by Crippen LogP contribution is 2.40. The Labute approximate surface area is 167 Å². The van der Waals surface area contributed by atoms with Crippen LogP contribution in [0.15, 0.2) is 53.7 Å². The van der Waals surface area contributed by atoms with Gasteiger partial charge in [-0.25, -0.2) is 0 Å². The zero-order valence-corrected chi connectivity index (χ0v) is 16.4. The number of nitrogens with zero attached hydrogens (tertiary/aromatic N) is 1. The molecule has 1 saturated carbocycles. The molecular weight excluding hydrogens is 348 g/mol. The molecule has 0 spiro atoms. The van der Waals surface area contributed by atoms with Crippen LogP contribution < -0.4 is 5.73 Å². The van der Waals surface area contributed by atoms with E-state index in [9.17, 15) is 5.11 Å². The van der Waals surface area contributed by atoms with Gasteiger partial charge in [0.2, 0.25) is 0 Å². The average molecular weight is 379 g/mol. The summed E-state index contributed by atoms with van der Waals surface area (Å²) in [4.78, 5) is 5.65. The molecule has 0 saturated heterocycles. The van der Waals surface area contributed by atoms with E-state index in [1.165, 1.54) is 22.3 Å². The van der Waals surface area contributed by atoms with Crippen LogP contribution in [-0.4, -0.2) is 29.6 Å². The summed E-state index contributed by atoms with van der Waals surface area (Å²) < 4.78 is 0. The second kappa shape index (κ2) is 8.46. The van der Waals surface area contributed by atoms with Gasteiger partial charge in [-0.3, -0.25) is 0 Å². The molecule has 28 heavy (non-hydrogen) atoms. The minimum absolute atomic E-state index is 0.0750. The highest BCUT2D eigenvalue weighted by atomic mass is 16.6. The minimum Gasteiger partial charge on any atom is -0.395 e. The largest absolute Gasteiger partial charge is 0.395 e. The van der Waals surface area contributed by atoms with Gasteiger partial charge in [0.05, 0.1) is 12.3 Å². The molecule has 0 amide bonds. The van der Waals surface area contributed by atoms with Crippen molar-refractivity contribution in [2.24, 2.45) is 10.9 Å². The fourth-order valence-corrected chi connectivity index (χ4v) is 4.55. The molecule has 0 heterocycles. The van der Waals surface area contributed by atoms with E-state index < -0.39 is 5.54 Å². The molecule has 2 aliphatic carbocycles. The van der Waals surface area contributed by atoms with Crippen LogP contribution in [-0.2, 0) is 17.7 Å². The number of hydrogen-bond donors (Lipinski definition) is 2. The van der Waals surface area contributed by atoms with E-state index in [2.05, 4.69) is 47.6 Å². The van der Waals surface area contributed by atoms with Gasteiger partial charge in [-0.1, -0.05) is 53.7 Å². The van der Waals surface area contributed by atoms with Crippen LogP contribution in [0.4, 0.5) is 0 Å². The van der Waals surface area contributed by atoms with E-state index >= 15 is 0 Å². The molecule has 0 aromatic heterocycles. The first kappa shape index (κ1) is 19.2. The Bertz CT molecular complexity index is 834. The number of aliphatic hydroxyl groups excluding tert-OH is 1. The van der Waals surface area contributed by atoms with E-state index in [1.54, 1.807) is 0 Å². The number of hydrogen-bond acceptors (Lipinski definition) is 4. The van der Waals surface area contributed by atoms with Crippen molar-refractivity contribution >= 4 is 5.71 Å². The van der Waals surface area contributed by atoms with Crippen molar-refractivity contribution in [3.8, 4) is 0 Å². The van der Waals surface area contributed by atoms with Gasteiger partial charge in [0.25, 0.3) is 0 Å². The van der Waals surface area contributed by atoms with Crippen LogP contribution in [0.25, 0.3) is 0 Å². The van der Waals surface area contributed by atoms with Gasteiger partial charge in [-0.15, -0.1) is 0 Å². The summed E-state index contributed by atoms with van der Waals surface area (Å²) in [6.07, 6.45) is 6.86. The van der Waals surface area contributed by atoms with Crippen molar-refractivity contribution in [2.45, 2.75) is 56.4 Å². The number of nitrogens with two attached hydrogens (primary N) is 1. The van der Waals surface area contributed by atoms with Crippen molar-refractivity contribution in [1.82, 2.24) is 0 Å². The predicted octanol–water partition coefficient (Wildman–Crippen LogP) is 3.94. The standard InChI is InChI=1S/C24H30N2O2/c25-24(17-27)13-11-21(16-24)19-9-10-22-20(15-19)7-4-8-23(22)26-28-14-12-18-5-2-1-3-6-18/h1-3,5-6,9-10,15,21,27H,4,7-8,11-14,16-17,25H2/b26-23+. The molecule has 4 nitrogen and oxygen atoms in total. The number of oxime groups is 1. The normalized spacial score (nSPS) is 25.6. The fourth-order valence-electron chi connectivity index (χ4n) is 4.55. The van der Waals surface area contributed by atoms with E-state index in [4.69, 9.17) is 10.6 Å². The van der Waals surface area contributed by atoms with Crippen molar-refractivity contribution in [3.63, 3.8) is 0 Å². The summed E-state index contributed by atoms with van der Waals surface area (Å²) in [6, 6.07) is 17.1. The molecule has 0 aliphatic heterocycles. The Kier molecular flexibility index (Phi) is 5.79. The third-order valence-electron chi connectivity index (χ3n) is 6.23. The summed E-state index contributed by atoms with van der Waals surface area (Å²) in [7, 11) is 0. The third kappa shape index (κ3) is 4.29. The number of benzene rings is 2.